The molecular formula is C11H11N5O3S. The van der Waals surface area contributed by atoms with Crippen molar-refractivity contribution >= 4 is 10.0 Å². The summed E-state index contributed by atoms with van der Waals surface area (Å²) in [5.41, 5.74) is 0.404. The van der Waals surface area contributed by atoms with Gasteiger partial charge in [-0.25, -0.2) is 18.1 Å². The predicted octanol–water partition coefficient (Wildman–Crippen LogP) is -0.978. The number of pyridine rings is 1. The van der Waals surface area contributed by atoms with Gasteiger partial charge in [-0.2, -0.15) is 5.10 Å². The second kappa shape index (κ2) is 6.25. The molecule has 0 atom stereocenters. The van der Waals surface area contributed by atoms with Crippen LogP contribution in [0.15, 0.2) is 29.7 Å². The fourth-order valence-corrected chi connectivity index (χ4v) is 2.31. The van der Waals surface area contributed by atoms with Crippen molar-refractivity contribution in [1.29, 1.82) is 0 Å². The standard InChI is InChI=1S/C11H11N5O3S/c17-3-1-2-9-4-10(6-12-5-9)20(18,19)15-7-11-13-8-14-16-11/h4-6,8,15,17H,3,7H2,(H,13,14,16). The first-order valence-corrected chi connectivity index (χ1v) is 6.99. The number of rotatable bonds is 4. The first kappa shape index (κ1) is 14.1. The van der Waals surface area contributed by atoms with E-state index in [1.54, 1.807) is 0 Å². The lowest BCUT2D eigenvalue weighted by Gasteiger charge is -2.04. The molecule has 0 aromatic carbocycles. The van der Waals surface area contributed by atoms with Crippen LogP contribution in [0.3, 0.4) is 0 Å². The maximum atomic E-state index is 12.0. The van der Waals surface area contributed by atoms with Crippen LogP contribution in [0.4, 0.5) is 0 Å². The number of aliphatic hydroxyl groups excluding tert-OH is 1. The van der Waals surface area contributed by atoms with Crippen LogP contribution in [0.25, 0.3) is 0 Å². The summed E-state index contributed by atoms with van der Waals surface area (Å²) in [5.74, 6) is 5.42. The first-order valence-electron chi connectivity index (χ1n) is 5.50. The highest BCUT2D eigenvalue weighted by atomic mass is 32.2. The summed E-state index contributed by atoms with van der Waals surface area (Å²) in [4.78, 5) is 7.61. The number of hydrogen-bond donors (Lipinski definition) is 3. The molecule has 3 N–H and O–H groups in total. The Kier molecular flexibility index (Phi) is 4.41. The Labute approximate surface area is 115 Å². The molecular weight excluding hydrogens is 282 g/mol. The third-order valence-corrected chi connectivity index (χ3v) is 3.60. The van der Waals surface area contributed by atoms with Crippen LogP contribution in [-0.2, 0) is 16.6 Å². The van der Waals surface area contributed by atoms with Crippen LogP contribution in [0, 0.1) is 11.8 Å². The van der Waals surface area contributed by atoms with Crippen molar-refractivity contribution in [3.05, 3.63) is 36.2 Å². The largest absolute Gasteiger partial charge is 0.384 e. The zero-order valence-corrected chi connectivity index (χ0v) is 11.1. The Hall–Kier alpha value is -2.28. The zero-order valence-electron chi connectivity index (χ0n) is 10.2. The quantitative estimate of drug-likeness (QED) is 0.623. The Morgan fingerprint density at radius 2 is 2.25 bits per heavy atom. The van der Waals surface area contributed by atoms with E-state index in [1.165, 1.54) is 24.8 Å². The number of aromatic nitrogens is 4. The lowest BCUT2D eigenvalue weighted by Crippen LogP contribution is -2.24. The van der Waals surface area contributed by atoms with Crippen LogP contribution < -0.4 is 4.72 Å². The fraction of sp³-hybridized carbons (Fsp3) is 0.182. The van der Waals surface area contributed by atoms with Crippen LogP contribution in [-0.4, -0.2) is 40.3 Å². The monoisotopic (exact) mass is 293 g/mol. The van der Waals surface area contributed by atoms with E-state index in [9.17, 15) is 8.42 Å². The van der Waals surface area contributed by atoms with Crippen molar-refractivity contribution in [2.45, 2.75) is 11.4 Å². The number of aliphatic hydroxyl groups is 1. The van der Waals surface area contributed by atoms with E-state index in [0.717, 1.165) is 0 Å². The summed E-state index contributed by atoms with van der Waals surface area (Å²) in [5, 5.41) is 14.8. The summed E-state index contributed by atoms with van der Waals surface area (Å²) < 4.78 is 26.4. The average Bonchev–Trinajstić information content (AvgIpc) is 2.97. The summed E-state index contributed by atoms with van der Waals surface area (Å²) in [6, 6.07) is 1.37. The minimum atomic E-state index is -3.71. The number of sulfonamides is 1. The summed E-state index contributed by atoms with van der Waals surface area (Å²) in [6.45, 7) is -0.310. The van der Waals surface area contributed by atoms with Gasteiger partial charge in [0.2, 0.25) is 10.0 Å². The van der Waals surface area contributed by atoms with E-state index in [-0.39, 0.29) is 18.0 Å². The van der Waals surface area contributed by atoms with E-state index >= 15 is 0 Å². The number of aromatic amines is 1. The zero-order chi connectivity index (χ0) is 14.4. The molecule has 0 unspecified atom stereocenters. The Morgan fingerprint density at radius 1 is 1.40 bits per heavy atom. The van der Waals surface area contributed by atoms with Crippen molar-refractivity contribution in [1.82, 2.24) is 24.9 Å². The minimum Gasteiger partial charge on any atom is -0.384 e. The highest BCUT2D eigenvalue weighted by molar-refractivity contribution is 7.89. The molecule has 2 rings (SSSR count). The van der Waals surface area contributed by atoms with Gasteiger partial charge in [0.15, 0.2) is 0 Å². The number of H-pyrrole nitrogens is 1. The normalized spacial score (nSPS) is 10.8. The van der Waals surface area contributed by atoms with Gasteiger partial charge in [0, 0.05) is 18.0 Å². The molecule has 0 saturated heterocycles. The average molecular weight is 293 g/mol. The molecule has 0 spiro atoms. The van der Waals surface area contributed by atoms with E-state index in [4.69, 9.17) is 5.11 Å². The third-order valence-electron chi connectivity index (χ3n) is 2.23. The van der Waals surface area contributed by atoms with Crippen LogP contribution >= 0.6 is 0 Å². The van der Waals surface area contributed by atoms with E-state index in [2.05, 4.69) is 36.7 Å². The molecule has 0 radical (unpaired) electrons. The molecule has 104 valence electrons. The van der Waals surface area contributed by atoms with E-state index in [1.807, 2.05) is 0 Å². The fourth-order valence-electron chi connectivity index (χ4n) is 1.34. The summed E-state index contributed by atoms with van der Waals surface area (Å²) in [7, 11) is -3.71. The van der Waals surface area contributed by atoms with Crippen LogP contribution in [0.2, 0.25) is 0 Å². The number of nitrogens with one attached hydrogen (secondary N) is 2. The Bertz CT molecular complexity index is 731. The van der Waals surface area contributed by atoms with Crippen molar-refractivity contribution in [2.75, 3.05) is 6.61 Å². The lowest BCUT2D eigenvalue weighted by atomic mass is 10.3. The van der Waals surface area contributed by atoms with Gasteiger partial charge in [0.1, 0.15) is 23.7 Å². The van der Waals surface area contributed by atoms with E-state index < -0.39 is 10.0 Å². The maximum absolute atomic E-state index is 12.0. The Morgan fingerprint density at radius 3 is 2.95 bits per heavy atom. The molecule has 9 heteroatoms. The molecule has 0 bridgehead atoms. The molecule has 0 fully saturated rings. The van der Waals surface area contributed by atoms with Crippen molar-refractivity contribution in [3.8, 4) is 11.8 Å². The van der Waals surface area contributed by atoms with Crippen LogP contribution in [0.5, 0.6) is 0 Å². The van der Waals surface area contributed by atoms with Crippen molar-refractivity contribution < 1.29 is 13.5 Å². The van der Waals surface area contributed by atoms with Crippen molar-refractivity contribution in [3.63, 3.8) is 0 Å². The summed E-state index contributed by atoms with van der Waals surface area (Å²) in [6.07, 6.45) is 3.92. The van der Waals surface area contributed by atoms with Gasteiger partial charge >= 0.3 is 0 Å². The smallest absolute Gasteiger partial charge is 0.242 e. The molecule has 8 nitrogen and oxygen atoms in total. The second-order valence-electron chi connectivity index (χ2n) is 3.63. The van der Waals surface area contributed by atoms with Gasteiger partial charge in [-0.3, -0.25) is 10.1 Å². The topological polar surface area (TPSA) is 121 Å². The molecule has 2 heterocycles. The van der Waals surface area contributed by atoms with Crippen molar-refractivity contribution in [2.24, 2.45) is 0 Å². The van der Waals surface area contributed by atoms with Gasteiger partial charge in [0.25, 0.3) is 0 Å². The maximum Gasteiger partial charge on any atom is 0.242 e. The van der Waals surface area contributed by atoms with E-state index in [0.29, 0.717) is 11.4 Å². The highest BCUT2D eigenvalue weighted by Gasteiger charge is 2.15. The minimum absolute atomic E-state index is 0.00508. The second-order valence-corrected chi connectivity index (χ2v) is 5.39. The molecule has 0 aliphatic heterocycles. The van der Waals surface area contributed by atoms with Gasteiger partial charge in [-0.1, -0.05) is 11.8 Å². The van der Waals surface area contributed by atoms with Gasteiger partial charge in [-0.05, 0) is 6.07 Å². The third kappa shape index (κ3) is 3.61. The van der Waals surface area contributed by atoms with Gasteiger partial charge in [0.05, 0.1) is 6.54 Å². The molecule has 2 aromatic heterocycles. The molecule has 20 heavy (non-hydrogen) atoms. The molecule has 0 aliphatic carbocycles. The lowest BCUT2D eigenvalue weighted by molar-refractivity contribution is 0.350. The van der Waals surface area contributed by atoms with Crippen LogP contribution in [0.1, 0.15) is 11.4 Å². The highest BCUT2D eigenvalue weighted by Crippen LogP contribution is 2.09. The number of hydrogen-bond acceptors (Lipinski definition) is 6. The predicted molar refractivity (Wildman–Crippen MR) is 68.6 cm³/mol. The molecule has 2 aromatic rings. The SMILES string of the molecule is O=S(=O)(NCc1ncn[nH]1)c1cncc(C#CCO)c1. The Balaban J connectivity index is 2.16. The van der Waals surface area contributed by atoms with Gasteiger partial charge in [-0.15, -0.1) is 0 Å². The first-order chi connectivity index (χ1) is 9.62. The summed E-state index contributed by atoms with van der Waals surface area (Å²) >= 11 is 0. The molecule has 0 saturated carbocycles. The number of nitrogens with zero attached hydrogens (tertiary/aromatic N) is 3. The molecule has 0 aliphatic rings. The van der Waals surface area contributed by atoms with Gasteiger partial charge < -0.3 is 5.11 Å². The molecule has 0 amide bonds.